The van der Waals surface area contributed by atoms with Gasteiger partial charge in [-0.3, -0.25) is 24.6 Å². The van der Waals surface area contributed by atoms with Gasteiger partial charge in [-0.05, 0) is 43.3 Å². The highest BCUT2D eigenvalue weighted by Gasteiger charge is 2.36. The number of hydrogen-bond acceptors (Lipinski definition) is 7. The highest BCUT2D eigenvalue weighted by molar-refractivity contribution is 8.18. The van der Waals surface area contributed by atoms with Gasteiger partial charge in [0.15, 0.2) is 5.75 Å². The topological polar surface area (TPSA) is 110 Å². The Hall–Kier alpha value is -2.55. The van der Waals surface area contributed by atoms with Gasteiger partial charge in [0.05, 0.1) is 16.9 Å². The highest BCUT2D eigenvalue weighted by atomic mass is 32.2. The molecule has 1 aromatic rings. The number of thioether (sulfide) groups is 1. The van der Waals surface area contributed by atoms with Crippen molar-refractivity contribution in [3.63, 3.8) is 0 Å². The van der Waals surface area contributed by atoms with Gasteiger partial charge >= 0.3 is 5.69 Å². The van der Waals surface area contributed by atoms with E-state index in [0.29, 0.717) is 0 Å². The largest absolute Gasteiger partial charge is 0.500 e. The molecule has 0 bridgehead atoms. The first kappa shape index (κ1) is 16.8. The maximum absolute atomic E-state index is 12.2. The Morgan fingerprint density at radius 3 is 2.52 bits per heavy atom. The number of nitro groups is 1. The van der Waals surface area contributed by atoms with Gasteiger partial charge < -0.3 is 9.84 Å². The van der Waals surface area contributed by atoms with Crippen LogP contribution in [0.15, 0.2) is 17.0 Å². The van der Waals surface area contributed by atoms with Crippen LogP contribution in [0, 0.1) is 10.1 Å². The van der Waals surface area contributed by atoms with Crippen molar-refractivity contribution in [3.8, 4) is 11.5 Å². The Balaban J connectivity index is 2.48. The zero-order valence-electron chi connectivity index (χ0n) is 12.6. The van der Waals surface area contributed by atoms with Gasteiger partial charge in [0.25, 0.3) is 11.1 Å². The summed E-state index contributed by atoms with van der Waals surface area (Å²) in [5.74, 6) is -1.14. The fourth-order valence-corrected chi connectivity index (χ4v) is 3.03. The van der Waals surface area contributed by atoms with Crippen molar-refractivity contribution in [2.45, 2.75) is 19.9 Å². The van der Waals surface area contributed by atoms with Crippen LogP contribution in [0.2, 0.25) is 0 Å². The summed E-state index contributed by atoms with van der Waals surface area (Å²) in [6.07, 6.45) is 1.36. The second kappa shape index (κ2) is 6.29. The molecule has 0 unspecified atom stereocenters. The molecule has 0 radical (unpaired) electrons. The molecule has 1 saturated heterocycles. The molecule has 1 fully saturated rings. The Bertz CT molecular complexity index is 728. The molecule has 0 saturated carbocycles. The van der Waals surface area contributed by atoms with Crippen molar-refractivity contribution < 1.29 is 24.4 Å². The van der Waals surface area contributed by atoms with E-state index in [4.69, 9.17) is 4.74 Å². The van der Waals surface area contributed by atoms with Gasteiger partial charge in [-0.2, -0.15) is 0 Å². The lowest BCUT2D eigenvalue weighted by Crippen LogP contribution is -2.34. The minimum absolute atomic E-state index is 0.0893. The van der Waals surface area contributed by atoms with Gasteiger partial charge in [-0.25, -0.2) is 0 Å². The van der Waals surface area contributed by atoms with Crippen LogP contribution < -0.4 is 4.74 Å². The van der Waals surface area contributed by atoms with E-state index in [1.165, 1.54) is 19.3 Å². The lowest BCUT2D eigenvalue weighted by molar-refractivity contribution is -0.386. The van der Waals surface area contributed by atoms with E-state index < -0.39 is 27.5 Å². The summed E-state index contributed by atoms with van der Waals surface area (Å²) in [6.45, 7) is 3.43. The average molecular weight is 338 g/mol. The number of nitro benzene ring substituents is 1. The van der Waals surface area contributed by atoms with Crippen LogP contribution in [0.25, 0.3) is 6.08 Å². The molecule has 9 heteroatoms. The molecule has 122 valence electrons. The summed E-state index contributed by atoms with van der Waals surface area (Å²) < 4.78 is 4.90. The molecule has 0 atom stereocenters. The van der Waals surface area contributed by atoms with Gasteiger partial charge in [0.2, 0.25) is 5.75 Å². The van der Waals surface area contributed by atoms with Crippen molar-refractivity contribution >= 4 is 34.7 Å². The van der Waals surface area contributed by atoms with E-state index in [9.17, 15) is 24.8 Å². The summed E-state index contributed by atoms with van der Waals surface area (Å²) in [6, 6.07) is 2.18. The van der Waals surface area contributed by atoms with E-state index in [-0.39, 0.29) is 22.3 Å². The average Bonchev–Trinajstić information content (AvgIpc) is 2.74. The number of rotatable bonds is 4. The smallest absolute Gasteiger partial charge is 0.315 e. The number of nitrogens with zero attached hydrogens (tertiary/aromatic N) is 2. The fraction of sp³-hybridized carbons (Fsp3) is 0.286. The SMILES string of the molecule is COc1cc(/C=C2\SC(=O)N(C(C)C)C2=O)cc([N+](=O)[O-])c1O. The molecule has 0 spiro atoms. The van der Waals surface area contributed by atoms with Crippen LogP contribution in [-0.4, -0.2) is 39.2 Å². The van der Waals surface area contributed by atoms with Crippen molar-refractivity contribution in [1.29, 1.82) is 0 Å². The van der Waals surface area contributed by atoms with Crippen LogP contribution in [0.3, 0.4) is 0 Å². The molecule has 8 nitrogen and oxygen atoms in total. The number of aromatic hydroxyl groups is 1. The Kier molecular flexibility index (Phi) is 4.60. The zero-order chi connectivity index (χ0) is 17.3. The molecule has 2 rings (SSSR count). The van der Waals surface area contributed by atoms with E-state index in [2.05, 4.69) is 0 Å². The summed E-state index contributed by atoms with van der Waals surface area (Å²) in [7, 11) is 1.26. The summed E-state index contributed by atoms with van der Waals surface area (Å²) >= 11 is 0.762. The predicted octanol–water partition coefficient (Wildman–Crippen LogP) is 2.75. The van der Waals surface area contributed by atoms with E-state index in [1.54, 1.807) is 13.8 Å². The third-order valence-electron chi connectivity index (χ3n) is 3.13. The van der Waals surface area contributed by atoms with Crippen LogP contribution in [0.4, 0.5) is 10.5 Å². The molecule has 1 aliphatic heterocycles. The van der Waals surface area contributed by atoms with Crippen LogP contribution >= 0.6 is 11.8 Å². The lowest BCUT2D eigenvalue weighted by atomic mass is 10.1. The Morgan fingerprint density at radius 2 is 2.04 bits per heavy atom. The first-order valence-electron chi connectivity index (χ1n) is 6.58. The number of hydrogen-bond donors (Lipinski definition) is 1. The van der Waals surface area contributed by atoms with E-state index >= 15 is 0 Å². The van der Waals surface area contributed by atoms with Crippen molar-refractivity contribution in [2.24, 2.45) is 0 Å². The number of carbonyl (C=O) groups is 2. The van der Waals surface area contributed by atoms with Gasteiger partial charge in [0, 0.05) is 12.1 Å². The minimum Gasteiger partial charge on any atom is -0.500 e. The second-order valence-electron chi connectivity index (χ2n) is 4.99. The third-order valence-corrected chi connectivity index (χ3v) is 4.02. The summed E-state index contributed by atoms with van der Waals surface area (Å²) in [5.41, 5.74) is -0.265. The van der Waals surface area contributed by atoms with Crippen LogP contribution in [-0.2, 0) is 4.79 Å². The molecular formula is C14H14N2O6S. The first-order chi connectivity index (χ1) is 10.8. The minimum atomic E-state index is -0.755. The molecule has 1 N–H and O–H groups in total. The highest BCUT2D eigenvalue weighted by Crippen LogP contribution is 2.39. The van der Waals surface area contributed by atoms with Gasteiger partial charge in [-0.1, -0.05) is 0 Å². The molecule has 1 heterocycles. The number of phenols is 1. The Morgan fingerprint density at radius 1 is 1.39 bits per heavy atom. The predicted molar refractivity (Wildman–Crippen MR) is 84.3 cm³/mol. The number of benzene rings is 1. The monoisotopic (exact) mass is 338 g/mol. The molecule has 23 heavy (non-hydrogen) atoms. The van der Waals surface area contributed by atoms with Gasteiger partial charge in [0.1, 0.15) is 0 Å². The number of ether oxygens (including phenoxy) is 1. The van der Waals surface area contributed by atoms with Crippen LogP contribution in [0.1, 0.15) is 19.4 Å². The number of amides is 2. The quantitative estimate of drug-likeness (QED) is 0.510. The summed E-state index contributed by atoms with van der Waals surface area (Å²) in [5, 5.41) is 20.3. The van der Waals surface area contributed by atoms with Crippen molar-refractivity contribution in [1.82, 2.24) is 4.90 Å². The van der Waals surface area contributed by atoms with E-state index in [0.717, 1.165) is 22.7 Å². The second-order valence-corrected chi connectivity index (χ2v) is 5.99. The summed E-state index contributed by atoms with van der Waals surface area (Å²) in [4.78, 5) is 35.5. The zero-order valence-corrected chi connectivity index (χ0v) is 13.4. The number of phenolic OH excluding ortho intramolecular Hbond substituents is 1. The third kappa shape index (κ3) is 3.14. The normalized spacial score (nSPS) is 16.5. The van der Waals surface area contributed by atoms with Crippen molar-refractivity contribution in [2.75, 3.05) is 7.11 Å². The Labute approximate surface area is 135 Å². The fourth-order valence-electron chi connectivity index (χ4n) is 2.07. The number of carbonyl (C=O) groups excluding carboxylic acids is 2. The maximum Gasteiger partial charge on any atom is 0.315 e. The molecule has 2 amide bonds. The molecule has 1 aromatic carbocycles. The maximum atomic E-state index is 12.2. The molecule has 0 aromatic heterocycles. The van der Waals surface area contributed by atoms with Crippen LogP contribution in [0.5, 0.6) is 11.5 Å². The molecular weight excluding hydrogens is 324 g/mol. The first-order valence-corrected chi connectivity index (χ1v) is 7.40. The standard InChI is InChI=1S/C14H14N2O6S/c1-7(2)15-13(18)11(23-14(15)19)6-8-4-9(16(20)21)12(17)10(5-8)22-3/h4-7,17H,1-3H3/b11-6-. The van der Waals surface area contributed by atoms with Gasteiger partial charge in [-0.15, -0.1) is 0 Å². The number of methoxy groups -OCH3 is 1. The van der Waals surface area contributed by atoms with E-state index in [1.807, 2.05) is 0 Å². The van der Waals surface area contributed by atoms with Crippen molar-refractivity contribution in [3.05, 3.63) is 32.7 Å². The number of imide groups is 1. The lowest BCUT2D eigenvalue weighted by Gasteiger charge is -2.16. The molecule has 1 aliphatic rings. The molecule has 0 aliphatic carbocycles.